The Kier molecular flexibility index (Phi) is 5.28. The smallest absolute Gasteiger partial charge is 0.282 e. The predicted octanol–water partition coefficient (Wildman–Crippen LogP) is 3.78. The number of aromatic nitrogens is 2. The minimum atomic E-state index is 0.220. The van der Waals surface area contributed by atoms with Gasteiger partial charge in [0.1, 0.15) is 6.04 Å². The quantitative estimate of drug-likeness (QED) is 0.741. The zero-order valence-corrected chi connectivity index (χ0v) is 14.6. The molecular formula is C19H21ClN3O+. The average Bonchev–Trinajstić information content (AvgIpc) is 3.09. The number of nitrogens with zero attached hydrogens (tertiary/aromatic N) is 2. The molecule has 0 amide bonds. The normalized spacial score (nSPS) is 12.3. The number of halogens is 1. The van der Waals surface area contributed by atoms with Gasteiger partial charge in [-0.3, -0.25) is 0 Å². The third kappa shape index (κ3) is 3.83. The Morgan fingerprint density at radius 3 is 2.58 bits per heavy atom. The summed E-state index contributed by atoms with van der Waals surface area (Å²) in [6.45, 7) is 4.87. The van der Waals surface area contributed by atoms with Crippen LogP contribution in [0.25, 0.3) is 11.4 Å². The molecule has 0 saturated carbocycles. The van der Waals surface area contributed by atoms with E-state index in [1.165, 1.54) is 5.56 Å². The zero-order valence-electron chi connectivity index (χ0n) is 13.9. The van der Waals surface area contributed by atoms with E-state index < -0.39 is 0 Å². The van der Waals surface area contributed by atoms with Crippen LogP contribution >= 0.6 is 11.6 Å². The van der Waals surface area contributed by atoms with Crippen LogP contribution in [0.5, 0.6) is 0 Å². The molecule has 0 aliphatic rings. The largest absolute Gasteiger partial charge is 0.333 e. The van der Waals surface area contributed by atoms with Gasteiger partial charge in [-0.15, -0.1) is 0 Å². The van der Waals surface area contributed by atoms with Crippen molar-refractivity contribution in [1.82, 2.24) is 10.1 Å². The van der Waals surface area contributed by atoms with Crippen LogP contribution in [0.4, 0.5) is 0 Å². The van der Waals surface area contributed by atoms with Gasteiger partial charge in [0.2, 0.25) is 5.82 Å². The predicted molar refractivity (Wildman–Crippen MR) is 94.6 cm³/mol. The van der Waals surface area contributed by atoms with E-state index in [0.717, 1.165) is 22.6 Å². The SMILES string of the molecule is CCc1ccc(-c2noc(C[NH2+][C@H](C)c3ccccc3Cl)n2)cc1. The van der Waals surface area contributed by atoms with Crippen LogP contribution in [0.2, 0.25) is 5.02 Å². The van der Waals surface area contributed by atoms with E-state index in [0.29, 0.717) is 18.3 Å². The van der Waals surface area contributed by atoms with Crippen LogP contribution in [0, 0.1) is 0 Å². The summed E-state index contributed by atoms with van der Waals surface area (Å²) in [5, 5.41) is 7.00. The van der Waals surface area contributed by atoms with E-state index >= 15 is 0 Å². The molecule has 124 valence electrons. The van der Waals surface area contributed by atoms with E-state index in [1.807, 2.05) is 36.4 Å². The van der Waals surface area contributed by atoms with Crippen LogP contribution in [-0.2, 0) is 13.0 Å². The highest BCUT2D eigenvalue weighted by atomic mass is 35.5. The van der Waals surface area contributed by atoms with Crippen LogP contribution < -0.4 is 5.32 Å². The standard InChI is InChI=1S/C19H20ClN3O/c1-3-14-8-10-15(11-9-14)19-22-18(24-23-19)12-21-13(2)16-6-4-5-7-17(16)20/h4-11,13,21H,3,12H2,1-2H3/p+1/t13-/m1/s1. The highest BCUT2D eigenvalue weighted by Crippen LogP contribution is 2.20. The summed E-state index contributed by atoms with van der Waals surface area (Å²) in [5.74, 6) is 1.25. The van der Waals surface area contributed by atoms with Gasteiger partial charge in [0.05, 0.1) is 0 Å². The first-order valence-corrected chi connectivity index (χ1v) is 8.55. The second-order valence-corrected chi connectivity index (χ2v) is 6.22. The Morgan fingerprint density at radius 1 is 1.12 bits per heavy atom. The molecule has 0 unspecified atom stereocenters. The summed E-state index contributed by atoms with van der Waals surface area (Å²) in [4.78, 5) is 4.48. The first kappa shape index (κ1) is 16.7. The van der Waals surface area contributed by atoms with E-state index in [2.05, 4.69) is 41.4 Å². The molecule has 2 aromatic carbocycles. The summed E-state index contributed by atoms with van der Waals surface area (Å²) < 4.78 is 5.37. The van der Waals surface area contributed by atoms with Crippen molar-refractivity contribution >= 4 is 11.6 Å². The fraction of sp³-hybridized carbons (Fsp3) is 0.263. The van der Waals surface area contributed by atoms with E-state index in [1.54, 1.807) is 0 Å². The molecule has 0 bridgehead atoms. The monoisotopic (exact) mass is 342 g/mol. The van der Waals surface area contributed by atoms with Gasteiger partial charge in [0.15, 0.2) is 6.54 Å². The zero-order chi connectivity index (χ0) is 16.9. The molecule has 4 nitrogen and oxygen atoms in total. The summed E-state index contributed by atoms with van der Waals surface area (Å²) in [6, 6.07) is 16.4. The van der Waals surface area contributed by atoms with Crippen molar-refractivity contribution < 1.29 is 9.84 Å². The second-order valence-electron chi connectivity index (χ2n) is 5.81. The molecule has 0 saturated heterocycles. The molecule has 0 aliphatic carbocycles. The molecule has 1 heterocycles. The lowest BCUT2D eigenvalue weighted by Gasteiger charge is -2.10. The van der Waals surface area contributed by atoms with Crippen molar-refractivity contribution in [2.24, 2.45) is 0 Å². The van der Waals surface area contributed by atoms with Crippen molar-refractivity contribution in [2.75, 3.05) is 0 Å². The Labute approximate surface area is 146 Å². The molecule has 3 rings (SSSR count). The Morgan fingerprint density at radius 2 is 1.88 bits per heavy atom. The summed E-state index contributed by atoms with van der Waals surface area (Å²) in [6.07, 6.45) is 1.02. The van der Waals surface area contributed by atoms with Crippen LogP contribution in [0.1, 0.15) is 36.9 Å². The maximum atomic E-state index is 6.24. The number of rotatable bonds is 6. The van der Waals surface area contributed by atoms with E-state index in [-0.39, 0.29) is 6.04 Å². The van der Waals surface area contributed by atoms with Crippen LogP contribution in [0.15, 0.2) is 53.1 Å². The van der Waals surface area contributed by atoms with Gasteiger partial charge in [-0.25, -0.2) is 0 Å². The maximum absolute atomic E-state index is 6.24. The first-order chi connectivity index (χ1) is 11.7. The number of quaternary nitrogens is 1. The molecule has 3 aromatic rings. The van der Waals surface area contributed by atoms with Crippen molar-refractivity contribution in [2.45, 2.75) is 32.9 Å². The molecule has 0 aliphatic heterocycles. The van der Waals surface area contributed by atoms with Gasteiger partial charge in [0.25, 0.3) is 5.89 Å². The van der Waals surface area contributed by atoms with Gasteiger partial charge < -0.3 is 9.84 Å². The Hall–Kier alpha value is -2.17. The minimum absolute atomic E-state index is 0.220. The summed E-state index contributed by atoms with van der Waals surface area (Å²) in [7, 11) is 0. The number of aryl methyl sites for hydroxylation is 1. The minimum Gasteiger partial charge on any atom is -0.333 e. The number of nitrogens with two attached hydrogens (primary N) is 1. The molecule has 5 heteroatoms. The van der Waals surface area contributed by atoms with E-state index in [9.17, 15) is 0 Å². The van der Waals surface area contributed by atoms with Gasteiger partial charge in [-0.05, 0) is 25.0 Å². The first-order valence-electron chi connectivity index (χ1n) is 8.17. The Balaban J connectivity index is 1.64. The van der Waals surface area contributed by atoms with Crippen LogP contribution in [-0.4, -0.2) is 10.1 Å². The molecule has 0 fully saturated rings. The highest BCUT2D eigenvalue weighted by Gasteiger charge is 2.15. The van der Waals surface area contributed by atoms with E-state index in [4.69, 9.17) is 16.1 Å². The van der Waals surface area contributed by atoms with Crippen molar-refractivity contribution in [1.29, 1.82) is 0 Å². The number of hydrogen-bond acceptors (Lipinski definition) is 3. The topological polar surface area (TPSA) is 55.5 Å². The van der Waals surface area contributed by atoms with Crippen molar-refractivity contribution in [3.8, 4) is 11.4 Å². The van der Waals surface area contributed by atoms with Gasteiger partial charge in [-0.1, -0.05) is 66.1 Å². The maximum Gasteiger partial charge on any atom is 0.282 e. The molecule has 2 N–H and O–H groups in total. The van der Waals surface area contributed by atoms with Gasteiger partial charge in [-0.2, -0.15) is 4.98 Å². The molecule has 1 atom stereocenters. The van der Waals surface area contributed by atoms with Gasteiger partial charge in [0, 0.05) is 16.1 Å². The van der Waals surface area contributed by atoms with Crippen molar-refractivity contribution in [3.05, 3.63) is 70.6 Å². The molecule has 0 radical (unpaired) electrons. The van der Waals surface area contributed by atoms with Gasteiger partial charge >= 0.3 is 0 Å². The lowest BCUT2D eigenvalue weighted by atomic mass is 10.1. The van der Waals surface area contributed by atoms with Crippen molar-refractivity contribution in [3.63, 3.8) is 0 Å². The molecule has 1 aromatic heterocycles. The number of benzene rings is 2. The molecule has 0 spiro atoms. The average molecular weight is 343 g/mol. The third-order valence-corrected chi connectivity index (χ3v) is 4.47. The number of hydrogen-bond donors (Lipinski definition) is 1. The molecule has 24 heavy (non-hydrogen) atoms. The highest BCUT2D eigenvalue weighted by molar-refractivity contribution is 6.31. The summed E-state index contributed by atoms with van der Waals surface area (Å²) in [5.41, 5.74) is 3.37. The van der Waals surface area contributed by atoms with Crippen LogP contribution in [0.3, 0.4) is 0 Å². The third-order valence-electron chi connectivity index (χ3n) is 4.13. The lowest BCUT2D eigenvalue weighted by Crippen LogP contribution is -2.83. The summed E-state index contributed by atoms with van der Waals surface area (Å²) >= 11 is 6.24. The lowest BCUT2D eigenvalue weighted by molar-refractivity contribution is -0.710. The molecular weight excluding hydrogens is 322 g/mol. The fourth-order valence-corrected chi connectivity index (χ4v) is 2.90. The Bertz CT molecular complexity index is 798. The fourth-order valence-electron chi connectivity index (χ4n) is 2.59. The second kappa shape index (κ2) is 7.60.